The number of benzene rings is 3. The predicted molar refractivity (Wildman–Crippen MR) is 153 cm³/mol. The molecule has 40 heavy (non-hydrogen) atoms. The minimum Gasteiger partial charge on any atom is -0.508 e. The van der Waals surface area contributed by atoms with Gasteiger partial charge in [-0.1, -0.05) is 55.5 Å². The van der Waals surface area contributed by atoms with Crippen LogP contribution >= 0.6 is 0 Å². The summed E-state index contributed by atoms with van der Waals surface area (Å²) in [4.78, 5) is 13.9. The first-order chi connectivity index (χ1) is 19.3. The van der Waals surface area contributed by atoms with Gasteiger partial charge in [-0.25, -0.2) is 4.79 Å². The molecule has 1 aliphatic heterocycles. The van der Waals surface area contributed by atoms with Crippen LogP contribution in [0.2, 0.25) is 0 Å². The topological polar surface area (TPSA) is 124 Å². The molecule has 1 heterocycles. The summed E-state index contributed by atoms with van der Waals surface area (Å²) in [6.45, 7) is 5.35. The summed E-state index contributed by atoms with van der Waals surface area (Å²) < 4.78 is 13.0. The maximum atomic E-state index is 11.9. The number of aliphatic hydroxyl groups excluding tert-OH is 2. The van der Waals surface area contributed by atoms with Gasteiger partial charge in [-0.05, 0) is 54.9 Å². The van der Waals surface area contributed by atoms with Gasteiger partial charge in [0.15, 0.2) is 6.29 Å². The average molecular weight is 550 g/mol. The molecular formula is C31H39N3O6. The second-order valence-electron chi connectivity index (χ2n) is 10.3. The number of ether oxygens (including phenoxy) is 2. The van der Waals surface area contributed by atoms with Gasteiger partial charge in [0.05, 0.1) is 24.9 Å². The van der Waals surface area contributed by atoms with Gasteiger partial charge in [0, 0.05) is 36.8 Å². The molecule has 5 atom stereocenters. The highest BCUT2D eigenvalue weighted by Crippen LogP contribution is 2.42. The van der Waals surface area contributed by atoms with Gasteiger partial charge in [0.25, 0.3) is 0 Å². The number of phenols is 1. The van der Waals surface area contributed by atoms with E-state index in [0.29, 0.717) is 30.9 Å². The molecule has 1 aliphatic rings. The second kappa shape index (κ2) is 13.7. The fraction of sp³-hybridized carbons (Fsp3) is 0.387. The van der Waals surface area contributed by atoms with Crippen molar-refractivity contribution in [2.75, 3.05) is 32.0 Å². The Bertz CT molecular complexity index is 1240. The van der Waals surface area contributed by atoms with Gasteiger partial charge < -0.3 is 40.3 Å². The molecule has 3 aromatic rings. The standard InChI is InChI=1S/C31H39N3O6/c1-4-32-31(38)33-25-14-12-23(13-15-25)30-39-28(18-34(3)17-27(37)24-6-5-7-26(36)16-24)20(2)29(40-30)22-10-8-21(19-35)9-11-22/h5-16,20,27-30,35-37H,4,17-19H2,1-3H3,(H2,32,33,38). The first-order valence-electron chi connectivity index (χ1n) is 13.6. The first-order valence-corrected chi connectivity index (χ1v) is 13.6. The number of hydrogen-bond donors (Lipinski definition) is 5. The SMILES string of the molecule is CCNC(=O)Nc1ccc(C2OC(CN(C)CC(O)c3cccc(O)c3)C(C)C(c3ccc(CO)cc3)O2)cc1. The maximum absolute atomic E-state index is 11.9. The smallest absolute Gasteiger partial charge is 0.319 e. The van der Waals surface area contributed by atoms with E-state index < -0.39 is 12.4 Å². The molecule has 1 saturated heterocycles. The Kier molecular flexibility index (Phi) is 10.1. The molecule has 5 N–H and O–H groups in total. The Hall–Kier alpha value is -3.47. The predicted octanol–water partition coefficient (Wildman–Crippen LogP) is 4.48. The number of likely N-dealkylation sites (N-methyl/N-ethyl adjacent to an activating group) is 1. The monoisotopic (exact) mass is 549 g/mol. The van der Waals surface area contributed by atoms with Crippen LogP contribution in [0.25, 0.3) is 0 Å². The Morgan fingerprint density at radius 1 is 1.02 bits per heavy atom. The number of aromatic hydroxyl groups is 1. The lowest BCUT2D eigenvalue weighted by Gasteiger charge is -2.42. The van der Waals surface area contributed by atoms with Crippen molar-refractivity contribution >= 4 is 11.7 Å². The minimum atomic E-state index is -0.769. The molecule has 214 valence electrons. The van der Waals surface area contributed by atoms with Gasteiger partial charge in [-0.15, -0.1) is 0 Å². The van der Waals surface area contributed by atoms with Crippen molar-refractivity contribution in [1.82, 2.24) is 10.2 Å². The van der Waals surface area contributed by atoms with Crippen LogP contribution in [0.15, 0.2) is 72.8 Å². The third-order valence-corrected chi connectivity index (χ3v) is 7.13. The summed E-state index contributed by atoms with van der Waals surface area (Å²) in [5, 5.41) is 35.5. The molecule has 9 heteroatoms. The third kappa shape index (κ3) is 7.59. The first kappa shape index (κ1) is 29.5. The summed E-state index contributed by atoms with van der Waals surface area (Å²) >= 11 is 0. The number of nitrogens with one attached hydrogen (secondary N) is 2. The number of amides is 2. The zero-order valence-corrected chi connectivity index (χ0v) is 23.2. The fourth-order valence-electron chi connectivity index (χ4n) is 4.90. The van der Waals surface area contributed by atoms with Crippen LogP contribution in [-0.4, -0.2) is 59.0 Å². The van der Waals surface area contributed by atoms with Crippen LogP contribution in [0.5, 0.6) is 5.75 Å². The maximum Gasteiger partial charge on any atom is 0.319 e. The summed E-state index contributed by atoms with van der Waals surface area (Å²) in [7, 11) is 1.93. The molecule has 9 nitrogen and oxygen atoms in total. The second-order valence-corrected chi connectivity index (χ2v) is 10.3. The van der Waals surface area contributed by atoms with Crippen molar-refractivity contribution in [3.63, 3.8) is 0 Å². The zero-order valence-electron chi connectivity index (χ0n) is 23.2. The highest BCUT2D eigenvalue weighted by atomic mass is 16.7. The quantitative estimate of drug-likeness (QED) is 0.253. The van der Waals surface area contributed by atoms with Crippen molar-refractivity contribution in [1.29, 1.82) is 0 Å². The minimum absolute atomic E-state index is 0.0183. The number of carbonyl (C=O) groups is 1. The Morgan fingerprint density at radius 2 is 1.73 bits per heavy atom. The molecule has 0 bridgehead atoms. The van der Waals surface area contributed by atoms with Gasteiger partial charge >= 0.3 is 6.03 Å². The molecule has 1 fully saturated rings. The van der Waals surface area contributed by atoms with Crippen molar-refractivity contribution in [2.24, 2.45) is 5.92 Å². The summed E-state index contributed by atoms with van der Waals surface area (Å²) in [5.41, 5.74) is 3.94. The van der Waals surface area contributed by atoms with E-state index in [2.05, 4.69) is 17.6 Å². The van der Waals surface area contributed by atoms with Gasteiger partial charge in [0.1, 0.15) is 5.75 Å². The van der Waals surface area contributed by atoms with E-state index in [-0.39, 0.29) is 36.5 Å². The summed E-state index contributed by atoms with van der Waals surface area (Å²) in [5.74, 6) is 0.0981. The Balaban J connectivity index is 1.52. The number of phenolic OH excluding ortho intramolecular Hbond substituents is 1. The molecule has 0 saturated carbocycles. The zero-order chi connectivity index (χ0) is 28.6. The Labute approximate surface area is 235 Å². The average Bonchev–Trinajstić information content (AvgIpc) is 2.94. The van der Waals surface area contributed by atoms with Gasteiger partial charge in [0.2, 0.25) is 0 Å². The van der Waals surface area contributed by atoms with Crippen LogP contribution < -0.4 is 10.6 Å². The van der Waals surface area contributed by atoms with Crippen LogP contribution in [0.1, 0.15) is 54.6 Å². The number of urea groups is 1. The summed E-state index contributed by atoms with van der Waals surface area (Å²) in [6.07, 6.45) is -1.91. The van der Waals surface area contributed by atoms with E-state index in [0.717, 1.165) is 16.7 Å². The number of hydrogen-bond acceptors (Lipinski definition) is 7. The fourth-order valence-corrected chi connectivity index (χ4v) is 4.90. The van der Waals surface area contributed by atoms with E-state index in [4.69, 9.17) is 9.47 Å². The van der Waals surface area contributed by atoms with Crippen LogP contribution in [0.3, 0.4) is 0 Å². The molecule has 3 aromatic carbocycles. The molecular weight excluding hydrogens is 510 g/mol. The normalized spacial score (nSPS) is 21.6. The summed E-state index contributed by atoms with van der Waals surface area (Å²) in [6, 6.07) is 21.5. The van der Waals surface area contributed by atoms with Crippen molar-refractivity contribution in [3.8, 4) is 5.75 Å². The number of anilines is 1. The van der Waals surface area contributed by atoms with E-state index in [1.807, 2.05) is 67.4 Å². The van der Waals surface area contributed by atoms with E-state index in [1.54, 1.807) is 24.3 Å². The highest BCUT2D eigenvalue weighted by molar-refractivity contribution is 5.89. The van der Waals surface area contributed by atoms with Crippen molar-refractivity contribution in [2.45, 2.75) is 45.1 Å². The number of carbonyl (C=O) groups excluding carboxylic acids is 1. The molecule has 0 aromatic heterocycles. The number of nitrogens with zero attached hydrogens (tertiary/aromatic N) is 1. The van der Waals surface area contributed by atoms with Crippen LogP contribution in [0, 0.1) is 5.92 Å². The van der Waals surface area contributed by atoms with Crippen molar-refractivity contribution in [3.05, 3.63) is 95.1 Å². The lowest BCUT2D eigenvalue weighted by Crippen LogP contribution is -2.44. The van der Waals surface area contributed by atoms with Gasteiger partial charge in [-0.3, -0.25) is 0 Å². The number of aliphatic hydroxyl groups is 2. The highest BCUT2D eigenvalue weighted by Gasteiger charge is 2.39. The van der Waals surface area contributed by atoms with E-state index in [9.17, 15) is 20.1 Å². The lowest BCUT2D eigenvalue weighted by molar-refractivity contribution is -0.276. The van der Waals surface area contributed by atoms with Crippen molar-refractivity contribution < 1.29 is 29.6 Å². The van der Waals surface area contributed by atoms with E-state index >= 15 is 0 Å². The molecule has 0 radical (unpaired) electrons. The van der Waals surface area contributed by atoms with E-state index in [1.165, 1.54) is 0 Å². The lowest BCUT2D eigenvalue weighted by atomic mass is 9.90. The van der Waals surface area contributed by atoms with Crippen LogP contribution in [-0.2, 0) is 16.1 Å². The molecule has 4 rings (SSSR count). The largest absolute Gasteiger partial charge is 0.508 e. The molecule has 2 amide bonds. The molecule has 0 spiro atoms. The van der Waals surface area contributed by atoms with Crippen LogP contribution in [0.4, 0.5) is 10.5 Å². The molecule has 5 unspecified atom stereocenters. The number of rotatable bonds is 10. The third-order valence-electron chi connectivity index (χ3n) is 7.13. The Morgan fingerprint density at radius 3 is 2.38 bits per heavy atom. The van der Waals surface area contributed by atoms with Gasteiger partial charge in [-0.2, -0.15) is 0 Å². The molecule has 0 aliphatic carbocycles.